The van der Waals surface area contributed by atoms with Crippen LogP contribution in [-0.2, 0) is 0 Å². The summed E-state index contributed by atoms with van der Waals surface area (Å²) in [4.78, 5) is 0. The molecule has 2 rings (SSSR count). The first-order valence-corrected chi connectivity index (χ1v) is 6.39. The Bertz CT molecular complexity index is 572. The molecule has 0 aromatic heterocycles. The summed E-state index contributed by atoms with van der Waals surface area (Å²) in [6, 6.07) is 13.6. The van der Waals surface area contributed by atoms with Crippen LogP contribution in [0.25, 0.3) is 0 Å². The molecule has 3 nitrogen and oxygen atoms in total. The van der Waals surface area contributed by atoms with Crippen LogP contribution in [0.5, 0.6) is 5.75 Å². The minimum absolute atomic E-state index is 0.0916. The molecule has 4 heteroatoms. The molecule has 0 radical (unpaired) electrons. The van der Waals surface area contributed by atoms with Gasteiger partial charge in [0.15, 0.2) is 0 Å². The number of aryl methyl sites for hydroxylation is 1. The third kappa shape index (κ3) is 3.07. The summed E-state index contributed by atoms with van der Waals surface area (Å²) in [6.07, 6.45) is 0. The number of rotatable bonds is 4. The highest BCUT2D eigenvalue weighted by atomic mass is 35.5. The highest BCUT2D eigenvalue weighted by molar-refractivity contribution is 6.31. The van der Waals surface area contributed by atoms with E-state index in [0.717, 1.165) is 27.5 Å². The number of nitrogens with two attached hydrogens (primary N) is 1. The van der Waals surface area contributed by atoms with Crippen molar-refractivity contribution in [3.8, 4) is 5.75 Å². The molecule has 0 aliphatic heterocycles. The molecule has 0 heterocycles. The molecule has 1 atom stereocenters. The molecule has 2 aromatic rings. The molecule has 0 aliphatic carbocycles. The lowest BCUT2D eigenvalue weighted by Crippen LogP contribution is -2.28. The SMILES string of the molecule is COc1cccc(C(NN)c2ccc(Cl)c(C)c2)c1. The Balaban J connectivity index is 2.40. The fraction of sp³-hybridized carbons (Fsp3) is 0.200. The van der Waals surface area contributed by atoms with Gasteiger partial charge in [-0.05, 0) is 41.8 Å². The number of hydrazine groups is 1. The van der Waals surface area contributed by atoms with E-state index in [-0.39, 0.29) is 6.04 Å². The Morgan fingerprint density at radius 3 is 2.53 bits per heavy atom. The fourth-order valence-corrected chi connectivity index (χ4v) is 2.17. The second kappa shape index (κ2) is 6.06. The average molecular weight is 277 g/mol. The Kier molecular flexibility index (Phi) is 4.43. The van der Waals surface area contributed by atoms with E-state index in [1.54, 1.807) is 7.11 Å². The third-order valence-corrected chi connectivity index (χ3v) is 3.53. The lowest BCUT2D eigenvalue weighted by atomic mass is 9.98. The van der Waals surface area contributed by atoms with Crippen LogP contribution in [0.1, 0.15) is 22.7 Å². The lowest BCUT2D eigenvalue weighted by Gasteiger charge is -2.18. The first-order valence-electron chi connectivity index (χ1n) is 6.02. The number of methoxy groups -OCH3 is 1. The molecule has 0 saturated heterocycles. The largest absolute Gasteiger partial charge is 0.497 e. The van der Waals surface area contributed by atoms with Crippen LogP contribution in [0, 0.1) is 6.92 Å². The second-order valence-corrected chi connectivity index (χ2v) is 4.79. The van der Waals surface area contributed by atoms with Gasteiger partial charge in [-0.2, -0.15) is 0 Å². The highest BCUT2D eigenvalue weighted by Gasteiger charge is 2.13. The van der Waals surface area contributed by atoms with Crippen molar-refractivity contribution in [1.82, 2.24) is 5.43 Å². The van der Waals surface area contributed by atoms with E-state index >= 15 is 0 Å². The fourth-order valence-electron chi connectivity index (χ4n) is 2.05. The van der Waals surface area contributed by atoms with E-state index in [9.17, 15) is 0 Å². The van der Waals surface area contributed by atoms with Crippen molar-refractivity contribution in [3.63, 3.8) is 0 Å². The maximum atomic E-state index is 6.05. The van der Waals surface area contributed by atoms with Gasteiger partial charge in [0, 0.05) is 5.02 Å². The molecule has 2 aromatic carbocycles. The minimum atomic E-state index is -0.0916. The van der Waals surface area contributed by atoms with Crippen molar-refractivity contribution < 1.29 is 4.74 Å². The van der Waals surface area contributed by atoms with Crippen molar-refractivity contribution in [2.75, 3.05) is 7.11 Å². The van der Waals surface area contributed by atoms with Crippen molar-refractivity contribution in [2.24, 2.45) is 5.84 Å². The van der Waals surface area contributed by atoms with Crippen LogP contribution in [0.3, 0.4) is 0 Å². The first kappa shape index (κ1) is 13.9. The van der Waals surface area contributed by atoms with Crippen LogP contribution in [0.2, 0.25) is 5.02 Å². The van der Waals surface area contributed by atoms with Crippen LogP contribution in [-0.4, -0.2) is 7.11 Å². The third-order valence-electron chi connectivity index (χ3n) is 3.11. The Labute approximate surface area is 118 Å². The zero-order chi connectivity index (χ0) is 13.8. The van der Waals surface area contributed by atoms with E-state index < -0.39 is 0 Å². The summed E-state index contributed by atoms with van der Waals surface area (Å²) in [5.74, 6) is 6.50. The number of halogens is 1. The molecule has 0 bridgehead atoms. The number of ether oxygens (including phenoxy) is 1. The van der Waals surface area contributed by atoms with Crippen molar-refractivity contribution in [3.05, 3.63) is 64.2 Å². The number of benzene rings is 2. The van der Waals surface area contributed by atoms with Crippen molar-refractivity contribution in [2.45, 2.75) is 13.0 Å². The predicted molar refractivity (Wildman–Crippen MR) is 78.3 cm³/mol. The Morgan fingerprint density at radius 1 is 1.16 bits per heavy atom. The molecule has 0 spiro atoms. The van der Waals surface area contributed by atoms with Crippen molar-refractivity contribution in [1.29, 1.82) is 0 Å². The standard InChI is InChI=1S/C15H17ClN2O/c1-10-8-12(6-7-14(10)16)15(18-17)11-4-3-5-13(9-11)19-2/h3-9,15,18H,17H2,1-2H3. The van der Waals surface area contributed by atoms with Gasteiger partial charge in [0.25, 0.3) is 0 Å². The molecule has 0 aliphatic rings. The molecule has 100 valence electrons. The normalized spacial score (nSPS) is 12.2. The van der Waals surface area contributed by atoms with Gasteiger partial charge in [-0.3, -0.25) is 5.84 Å². The summed E-state index contributed by atoms with van der Waals surface area (Å²) >= 11 is 6.05. The van der Waals surface area contributed by atoms with E-state index in [1.165, 1.54) is 0 Å². The first-order chi connectivity index (χ1) is 9.15. The van der Waals surface area contributed by atoms with Gasteiger partial charge in [-0.15, -0.1) is 0 Å². The molecule has 3 N–H and O–H groups in total. The zero-order valence-electron chi connectivity index (χ0n) is 11.0. The summed E-state index contributed by atoms with van der Waals surface area (Å²) in [5, 5.41) is 0.755. The summed E-state index contributed by atoms with van der Waals surface area (Å²) < 4.78 is 5.24. The minimum Gasteiger partial charge on any atom is -0.497 e. The maximum Gasteiger partial charge on any atom is 0.119 e. The van der Waals surface area contributed by atoms with Crippen LogP contribution < -0.4 is 16.0 Å². The molecule has 0 fully saturated rings. The molecular formula is C15H17ClN2O. The number of nitrogens with one attached hydrogen (secondary N) is 1. The van der Waals surface area contributed by atoms with Gasteiger partial charge in [-0.1, -0.05) is 35.9 Å². The monoisotopic (exact) mass is 276 g/mol. The highest BCUT2D eigenvalue weighted by Crippen LogP contribution is 2.27. The van der Waals surface area contributed by atoms with Gasteiger partial charge in [0.2, 0.25) is 0 Å². The Morgan fingerprint density at radius 2 is 1.89 bits per heavy atom. The molecule has 0 amide bonds. The quantitative estimate of drug-likeness (QED) is 0.666. The summed E-state index contributed by atoms with van der Waals surface area (Å²) in [5.41, 5.74) is 5.98. The predicted octanol–water partition coefficient (Wildman–Crippen LogP) is 3.21. The van der Waals surface area contributed by atoms with E-state index in [2.05, 4.69) is 5.43 Å². The lowest BCUT2D eigenvalue weighted by molar-refractivity contribution is 0.413. The van der Waals surface area contributed by atoms with Crippen LogP contribution in [0.15, 0.2) is 42.5 Å². The zero-order valence-corrected chi connectivity index (χ0v) is 11.7. The average Bonchev–Trinajstić information content (AvgIpc) is 2.44. The van der Waals surface area contributed by atoms with Crippen LogP contribution >= 0.6 is 11.6 Å². The van der Waals surface area contributed by atoms with Crippen LogP contribution in [0.4, 0.5) is 0 Å². The molecular weight excluding hydrogens is 260 g/mol. The van der Waals surface area contributed by atoms with E-state index in [4.69, 9.17) is 22.2 Å². The second-order valence-electron chi connectivity index (χ2n) is 4.38. The van der Waals surface area contributed by atoms with Gasteiger partial charge in [0.1, 0.15) is 5.75 Å². The molecule has 0 saturated carbocycles. The molecule has 1 unspecified atom stereocenters. The van der Waals surface area contributed by atoms with Gasteiger partial charge >= 0.3 is 0 Å². The van der Waals surface area contributed by atoms with Gasteiger partial charge in [-0.25, -0.2) is 5.43 Å². The van der Waals surface area contributed by atoms with Gasteiger partial charge < -0.3 is 4.74 Å². The van der Waals surface area contributed by atoms with E-state index in [1.807, 2.05) is 49.4 Å². The molecule has 19 heavy (non-hydrogen) atoms. The van der Waals surface area contributed by atoms with Gasteiger partial charge in [0.05, 0.1) is 13.2 Å². The maximum absolute atomic E-state index is 6.05. The smallest absolute Gasteiger partial charge is 0.119 e. The Hall–Kier alpha value is -1.55. The topological polar surface area (TPSA) is 47.3 Å². The number of hydrogen-bond donors (Lipinski definition) is 2. The summed E-state index contributed by atoms with van der Waals surface area (Å²) in [6.45, 7) is 1.98. The number of hydrogen-bond acceptors (Lipinski definition) is 3. The van der Waals surface area contributed by atoms with Crippen molar-refractivity contribution >= 4 is 11.6 Å². The van der Waals surface area contributed by atoms with E-state index in [0.29, 0.717) is 0 Å². The summed E-state index contributed by atoms with van der Waals surface area (Å²) in [7, 11) is 1.65.